The molecule has 7 heteroatoms. The maximum atomic E-state index is 13.0. The molecular weight excluding hydrogens is 287 g/mol. The summed E-state index contributed by atoms with van der Waals surface area (Å²) in [6.07, 6.45) is -1.10. The Balaban J connectivity index is 2.67. The van der Waals surface area contributed by atoms with E-state index in [1.54, 1.807) is 0 Å². The maximum Gasteiger partial charge on any atom is 0.420 e. The summed E-state index contributed by atoms with van der Waals surface area (Å²) in [6, 6.07) is 2.22. The minimum Gasteiger partial charge on any atom is -0.492 e. The Kier molecular flexibility index (Phi) is 3.96. The van der Waals surface area contributed by atoms with Gasteiger partial charge in [0.25, 0.3) is 0 Å². The average Bonchev–Trinajstić information content (AvgIpc) is 2.40. The zero-order valence-corrected chi connectivity index (χ0v) is 11.6. The molecule has 114 valence electrons. The molecule has 0 aromatic heterocycles. The van der Waals surface area contributed by atoms with Crippen molar-refractivity contribution in [2.24, 2.45) is 4.99 Å². The van der Waals surface area contributed by atoms with Crippen molar-refractivity contribution in [3.8, 4) is 11.5 Å². The highest BCUT2D eigenvalue weighted by Crippen LogP contribution is 2.52. The Bertz CT molecular complexity index is 588. The number of isocyanates is 1. The minimum absolute atomic E-state index is 0.0361. The molecule has 0 unspecified atom stereocenters. The van der Waals surface area contributed by atoms with Crippen LogP contribution in [-0.4, -0.2) is 20.3 Å². The van der Waals surface area contributed by atoms with Gasteiger partial charge in [-0.15, -0.1) is 0 Å². The Morgan fingerprint density at radius 3 is 2.19 bits per heavy atom. The second-order valence-corrected chi connectivity index (χ2v) is 4.81. The van der Waals surface area contributed by atoms with Gasteiger partial charge in [0, 0.05) is 5.56 Å². The quantitative estimate of drug-likeness (QED) is 0.632. The molecule has 0 atom stereocenters. The minimum atomic E-state index is -4.56. The van der Waals surface area contributed by atoms with Gasteiger partial charge in [-0.3, -0.25) is 0 Å². The fourth-order valence-electron chi connectivity index (χ4n) is 2.60. The highest BCUT2D eigenvalue weighted by Gasteiger charge is 2.44. The number of carbonyl (C=O) groups excluding carboxylic acids is 1. The number of ether oxygens (including phenoxy) is 2. The number of halogens is 3. The lowest BCUT2D eigenvalue weighted by Crippen LogP contribution is -2.32. The highest BCUT2D eigenvalue weighted by atomic mass is 19.4. The van der Waals surface area contributed by atoms with Crippen molar-refractivity contribution in [2.75, 3.05) is 14.2 Å². The molecule has 1 aromatic carbocycles. The van der Waals surface area contributed by atoms with Crippen LogP contribution in [0, 0.1) is 0 Å². The predicted octanol–water partition coefficient (Wildman–Crippen LogP) is 3.44. The number of rotatable bonds is 4. The summed E-state index contributed by atoms with van der Waals surface area (Å²) >= 11 is 0. The molecule has 1 aliphatic carbocycles. The summed E-state index contributed by atoms with van der Waals surface area (Å²) in [5.74, 6) is -0.430. The van der Waals surface area contributed by atoms with E-state index in [4.69, 9.17) is 9.47 Å². The molecule has 2 rings (SSSR count). The van der Waals surface area contributed by atoms with Gasteiger partial charge in [0.15, 0.2) is 11.5 Å². The lowest BCUT2D eigenvalue weighted by molar-refractivity contribution is -0.138. The fraction of sp³-hybridized carbons (Fsp3) is 0.500. The molecule has 0 saturated heterocycles. The molecule has 1 aromatic rings. The summed E-state index contributed by atoms with van der Waals surface area (Å²) in [6.45, 7) is 0. The molecule has 1 saturated carbocycles. The first-order chi connectivity index (χ1) is 9.89. The molecule has 0 bridgehead atoms. The lowest BCUT2D eigenvalue weighted by atomic mass is 9.71. The van der Waals surface area contributed by atoms with Crippen LogP contribution in [0.5, 0.6) is 11.5 Å². The first-order valence-corrected chi connectivity index (χ1v) is 6.31. The molecule has 0 heterocycles. The smallest absolute Gasteiger partial charge is 0.420 e. The van der Waals surface area contributed by atoms with Crippen LogP contribution in [0.3, 0.4) is 0 Å². The number of hydrogen-bond donors (Lipinski definition) is 0. The van der Waals surface area contributed by atoms with Gasteiger partial charge in [0.1, 0.15) is 11.1 Å². The van der Waals surface area contributed by atoms with Crippen LogP contribution in [0.2, 0.25) is 0 Å². The van der Waals surface area contributed by atoms with Crippen LogP contribution < -0.4 is 9.47 Å². The maximum absolute atomic E-state index is 13.0. The zero-order valence-electron chi connectivity index (χ0n) is 11.6. The van der Waals surface area contributed by atoms with Crippen LogP contribution in [0.15, 0.2) is 17.1 Å². The molecule has 0 radical (unpaired) electrons. The molecule has 0 N–H and O–H groups in total. The second kappa shape index (κ2) is 5.41. The van der Waals surface area contributed by atoms with Crippen molar-refractivity contribution >= 4 is 6.08 Å². The van der Waals surface area contributed by atoms with E-state index >= 15 is 0 Å². The summed E-state index contributed by atoms with van der Waals surface area (Å²) in [7, 11) is 2.41. The second-order valence-electron chi connectivity index (χ2n) is 4.81. The number of benzene rings is 1. The molecule has 0 spiro atoms. The van der Waals surface area contributed by atoms with Gasteiger partial charge in [0.2, 0.25) is 6.08 Å². The molecule has 0 aliphatic heterocycles. The SMILES string of the molecule is COc1c(C(F)(F)F)ccc(C2(N=C=O)CCC2)c1OC. The number of nitrogens with zero attached hydrogens (tertiary/aromatic N) is 1. The van der Waals surface area contributed by atoms with Crippen LogP contribution >= 0.6 is 0 Å². The van der Waals surface area contributed by atoms with Crippen molar-refractivity contribution in [1.82, 2.24) is 0 Å². The van der Waals surface area contributed by atoms with Crippen LogP contribution in [-0.2, 0) is 16.5 Å². The van der Waals surface area contributed by atoms with Crippen molar-refractivity contribution < 1.29 is 27.4 Å². The van der Waals surface area contributed by atoms with E-state index in [9.17, 15) is 18.0 Å². The number of hydrogen-bond acceptors (Lipinski definition) is 4. The average molecular weight is 301 g/mol. The third kappa shape index (κ3) is 2.49. The van der Waals surface area contributed by atoms with Crippen LogP contribution in [0.4, 0.5) is 13.2 Å². The first-order valence-electron chi connectivity index (χ1n) is 6.31. The largest absolute Gasteiger partial charge is 0.492 e. The molecule has 1 fully saturated rings. The van der Waals surface area contributed by atoms with Gasteiger partial charge in [-0.1, -0.05) is 6.07 Å². The van der Waals surface area contributed by atoms with Gasteiger partial charge in [-0.25, -0.2) is 4.79 Å². The van der Waals surface area contributed by atoms with E-state index in [2.05, 4.69) is 4.99 Å². The van der Waals surface area contributed by atoms with Gasteiger partial charge < -0.3 is 9.47 Å². The fourth-order valence-corrected chi connectivity index (χ4v) is 2.60. The zero-order chi connectivity index (χ0) is 15.7. The normalized spacial score (nSPS) is 16.6. The first kappa shape index (κ1) is 15.4. The standard InChI is InChI=1S/C14H14F3NO3/c1-20-11-9(13(18-8-19)6-3-7-13)4-5-10(12(11)21-2)14(15,16)17/h4-5H,3,6-7H2,1-2H3. The van der Waals surface area contributed by atoms with E-state index < -0.39 is 23.0 Å². The van der Waals surface area contributed by atoms with Gasteiger partial charge in [0.05, 0.1) is 14.2 Å². The van der Waals surface area contributed by atoms with Crippen molar-refractivity contribution in [2.45, 2.75) is 31.0 Å². The monoisotopic (exact) mass is 301 g/mol. The molecule has 1 aliphatic rings. The number of methoxy groups -OCH3 is 2. The van der Waals surface area contributed by atoms with Crippen molar-refractivity contribution in [3.63, 3.8) is 0 Å². The number of alkyl halides is 3. The Morgan fingerprint density at radius 1 is 1.19 bits per heavy atom. The van der Waals surface area contributed by atoms with Gasteiger partial charge in [-0.05, 0) is 25.3 Å². The van der Waals surface area contributed by atoms with Crippen LogP contribution in [0.25, 0.3) is 0 Å². The van der Waals surface area contributed by atoms with Crippen molar-refractivity contribution in [3.05, 3.63) is 23.3 Å². The Morgan fingerprint density at radius 2 is 1.81 bits per heavy atom. The van der Waals surface area contributed by atoms with Gasteiger partial charge >= 0.3 is 6.18 Å². The van der Waals surface area contributed by atoms with Gasteiger partial charge in [-0.2, -0.15) is 18.2 Å². The van der Waals surface area contributed by atoms with E-state index in [0.29, 0.717) is 18.4 Å². The van der Waals surface area contributed by atoms with E-state index in [1.165, 1.54) is 19.3 Å². The molecule has 0 amide bonds. The summed E-state index contributed by atoms with van der Waals surface area (Å²) in [5, 5.41) is 0. The summed E-state index contributed by atoms with van der Waals surface area (Å²) < 4.78 is 49.0. The molecular formula is C14H14F3NO3. The van der Waals surface area contributed by atoms with E-state index in [0.717, 1.165) is 19.6 Å². The van der Waals surface area contributed by atoms with Crippen molar-refractivity contribution in [1.29, 1.82) is 0 Å². The number of aliphatic imine (C=N–C) groups is 1. The van der Waals surface area contributed by atoms with E-state index in [-0.39, 0.29) is 5.75 Å². The van der Waals surface area contributed by atoms with Crippen LogP contribution in [0.1, 0.15) is 30.4 Å². The third-order valence-electron chi connectivity index (χ3n) is 3.77. The molecule has 21 heavy (non-hydrogen) atoms. The molecule has 4 nitrogen and oxygen atoms in total. The summed E-state index contributed by atoms with van der Waals surface area (Å²) in [5.41, 5.74) is -1.36. The summed E-state index contributed by atoms with van der Waals surface area (Å²) in [4.78, 5) is 14.4. The highest BCUT2D eigenvalue weighted by molar-refractivity contribution is 5.57. The topological polar surface area (TPSA) is 47.9 Å². The lowest BCUT2D eigenvalue weighted by Gasteiger charge is -2.38. The van der Waals surface area contributed by atoms with E-state index in [1.807, 2.05) is 0 Å². The Labute approximate surface area is 119 Å². The predicted molar refractivity (Wildman–Crippen MR) is 68.2 cm³/mol. The third-order valence-corrected chi connectivity index (χ3v) is 3.77. The Hall–Kier alpha value is -2.01.